The summed E-state index contributed by atoms with van der Waals surface area (Å²) in [6, 6.07) is -0.576. The third kappa shape index (κ3) is 12.8. The minimum absolute atomic E-state index is 0.0148. The Morgan fingerprint density at radius 3 is 1.29 bits per heavy atom. The van der Waals surface area contributed by atoms with E-state index in [2.05, 4.69) is 52.3 Å². The van der Waals surface area contributed by atoms with Crippen molar-refractivity contribution < 1.29 is 48.4 Å². The number of hydrogen-bond donors (Lipinski definition) is 10. The van der Waals surface area contributed by atoms with E-state index in [1.165, 1.54) is 0 Å². The molecule has 0 radical (unpaired) electrons. The highest BCUT2D eigenvalue weighted by Crippen LogP contribution is 2.33. The maximum atomic E-state index is 15.1. The molecule has 2 aromatic rings. The summed E-state index contributed by atoms with van der Waals surface area (Å²) in [7, 11) is 0. The number of amides is 4. The first kappa shape index (κ1) is 47.7. The zero-order valence-corrected chi connectivity index (χ0v) is 35.8. The lowest BCUT2D eigenvalue weighted by atomic mass is 9.92. The van der Waals surface area contributed by atoms with Crippen molar-refractivity contribution in [3.63, 3.8) is 0 Å². The zero-order valence-electron chi connectivity index (χ0n) is 35.8. The summed E-state index contributed by atoms with van der Waals surface area (Å²) in [5.41, 5.74) is 10.1. The molecule has 0 aromatic carbocycles. The van der Waals surface area contributed by atoms with Gasteiger partial charge in [0.2, 0.25) is 23.4 Å². The van der Waals surface area contributed by atoms with Gasteiger partial charge in [0.25, 0.3) is 0 Å². The van der Waals surface area contributed by atoms with Gasteiger partial charge in [-0.05, 0) is 65.2 Å². The highest BCUT2D eigenvalue weighted by atomic mass is 19.1. The number of aliphatic hydroxyl groups excluding tert-OH is 2. The van der Waals surface area contributed by atoms with Crippen LogP contribution >= 0.6 is 0 Å². The number of carbonyl (C=O) groups is 4. The van der Waals surface area contributed by atoms with Gasteiger partial charge in [0.15, 0.2) is 23.3 Å². The van der Waals surface area contributed by atoms with Crippen LogP contribution in [0, 0.1) is 49.2 Å². The third-order valence-electron chi connectivity index (χ3n) is 12.4. The molecule has 62 heavy (non-hydrogen) atoms. The summed E-state index contributed by atoms with van der Waals surface area (Å²) >= 11 is 0. The van der Waals surface area contributed by atoms with Gasteiger partial charge in [0.1, 0.15) is 11.6 Å². The first-order chi connectivity index (χ1) is 29.5. The van der Waals surface area contributed by atoms with Crippen LogP contribution in [0.1, 0.15) is 103 Å². The van der Waals surface area contributed by atoms with E-state index in [9.17, 15) is 29.4 Å². The maximum Gasteiger partial charge on any atom is 0.404 e. The molecular weight excluding hydrogens is 815 g/mol. The molecule has 22 heteroatoms. The highest BCUT2D eigenvalue weighted by molar-refractivity contribution is 5.81. The molecule has 6 rings (SSSR count). The van der Waals surface area contributed by atoms with Crippen LogP contribution in [0.4, 0.5) is 41.6 Å². The maximum absolute atomic E-state index is 15.1. The minimum Gasteiger partial charge on any atom is -0.465 e. The Labute approximate surface area is 359 Å². The van der Waals surface area contributed by atoms with Crippen LogP contribution in [0.3, 0.4) is 0 Å². The number of carbonyl (C=O) groups excluding carboxylic acids is 2. The number of hydrogen-bond acceptors (Lipinski definition) is 14. The number of aryl methyl sites for hydroxylation is 2. The summed E-state index contributed by atoms with van der Waals surface area (Å²) < 4.78 is 30.2. The lowest BCUT2D eigenvalue weighted by Crippen LogP contribution is -2.42. The predicted molar refractivity (Wildman–Crippen MR) is 224 cm³/mol. The van der Waals surface area contributed by atoms with E-state index in [4.69, 9.17) is 10.2 Å². The van der Waals surface area contributed by atoms with Crippen molar-refractivity contribution in [1.82, 2.24) is 41.4 Å². The van der Waals surface area contributed by atoms with Crippen molar-refractivity contribution in [2.24, 2.45) is 23.7 Å². The molecule has 20 nitrogen and oxygen atoms in total. The summed E-state index contributed by atoms with van der Waals surface area (Å²) in [4.78, 5) is 67.1. The van der Waals surface area contributed by atoms with Crippen LogP contribution in [-0.2, 0) is 9.59 Å². The van der Waals surface area contributed by atoms with Crippen LogP contribution in [0.2, 0.25) is 0 Å². The Balaban J connectivity index is 0.000000234. The molecule has 4 fully saturated rings. The monoisotopic (exact) mass is 876 g/mol. The number of carboxylic acid groups (broad SMARTS) is 2. The minimum atomic E-state index is -1.19. The molecule has 2 saturated heterocycles. The van der Waals surface area contributed by atoms with Crippen LogP contribution in [-0.4, -0.2) is 115 Å². The molecule has 2 aliphatic heterocycles. The van der Waals surface area contributed by atoms with Gasteiger partial charge < -0.3 is 40.9 Å². The number of aliphatic hydroxyl groups is 2. The van der Waals surface area contributed by atoms with Gasteiger partial charge in [-0.3, -0.25) is 31.3 Å². The number of nitrogens with one attached hydrogen (secondary N) is 6. The van der Waals surface area contributed by atoms with Crippen LogP contribution in [0.15, 0.2) is 0 Å². The summed E-state index contributed by atoms with van der Waals surface area (Å²) in [6.45, 7) is 7.73. The molecule has 4 amide bonds. The molecule has 2 aromatic heterocycles. The number of rotatable bonds is 16. The van der Waals surface area contributed by atoms with Gasteiger partial charge >= 0.3 is 12.2 Å². The molecule has 344 valence electrons. The van der Waals surface area contributed by atoms with E-state index < -0.39 is 59.7 Å². The highest BCUT2D eigenvalue weighted by Gasteiger charge is 2.35. The molecule has 0 unspecified atom stereocenters. The Morgan fingerprint density at radius 1 is 0.629 bits per heavy atom. The Bertz CT molecular complexity index is 1740. The Morgan fingerprint density at radius 2 is 0.984 bits per heavy atom. The fourth-order valence-corrected chi connectivity index (χ4v) is 8.81. The molecule has 4 aliphatic rings. The lowest BCUT2D eigenvalue weighted by molar-refractivity contribution is -0.125. The SMILES string of the molecule is Cc1nc(NNC(=O)[C@@H](CNC(=O)O)CC2CCCC2)c(F)c(N2CC[C@@H](O)[C@@H]2C)n1.Cc1nc(NNC(=O)[C@@H](CNC(=O)O)CC2CCCC2)c(F)c(N2CC[C@@H](O)[C@@H]2C)n1. The van der Waals surface area contributed by atoms with E-state index in [1.54, 1.807) is 37.5 Å². The summed E-state index contributed by atoms with van der Waals surface area (Å²) in [5.74, 6) is -2.27. The summed E-state index contributed by atoms with van der Waals surface area (Å²) in [6.07, 6.45) is 7.17. The first-order valence-corrected chi connectivity index (χ1v) is 21.5. The van der Waals surface area contributed by atoms with Crippen LogP contribution in [0.25, 0.3) is 0 Å². The Kier molecular flexibility index (Phi) is 17.0. The topological polar surface area (TPSA) is 279 Å². The lowest BCUT2D eigenvalue weighted by Gasteiger charge is -2.25. The summed E-state index contributed by atoms with van der Waals surface area (Å²) in [5, 5.41) is 42.3. The second kappa shape index (κ2) is 22.1. The Hall–Kier alpha value is -5.38. The van der Waals surface area contributed by atoms with Gasteiger partial charge in [-0.25, -0.2) is 29.5 Å². The van der Waals surface area contributed by atoms with Gasteiger partial charge in [-0.1, -0.05) is 51.4 Å². The van der Waals surface area contributed by atoms with Gasteiger partial charge in [-0.15, -0.1) is 0 Å². The van der Waals surface area contributed by atoms with Crippen molar-refractivity contribution >= 4 is 47.3 Å². The van der Waals surface area contributed by atoms with Crippen molar-refractivity contribution in [3.05, 3.63) is 23.3 Å². The fourth-order valence-electron chi connectivity index (χ4n) is 8.81. The average Bonchev–Trinajstić information content (AvgIpc) is 4.06. The van der Waals surface area contributed by atoms with Crippen molar-refractivity contribution in [2.75, 3.05) is 46.8 Å². The average molecular weight is 877 g/mol. The fraction of sp³-hybridized carbons (Fsp3) is 0.700. The molecular formula is C40H62F2N12O8. The van der Waals surface area contributed by atoms with Crippen LogP contribution < -0.4 is 42.1 Å². The molecule has 2 aliphatic carbocycles. The standard InChI is InChI=1S/2C20H31FN6O4/c2*1-11-15(28)7-8-27(11)18-16(21)17(23-12(2)24-18)25-26-19(29)14(10-22-20(30)31)9-13-5-3-4-6-13/h2*11,13-15,22,28H,3-10H2,1-2H3,(H,26,29)(H,30,31)(H,23,24,25)/t2*11-,14+,15+/m00/s1. The largest absolute Gasteiger partial charge is 0.465 e. The molecule has 4 heterocycles. The van der Waals surface area contributed by atoms with E-state index >= 15 is 8.78 Å². The van der Waals surface area contributed by atoms with Crippen LogP contribution in [0.5, 0.6) is 0 Å². The number of halogens is 2. The number of aromatic nitrogens is 4. The molecule has 0 bridgehead atoms. The normalized spacial score (nSPS) is 22.4. The predicted octanol–water partition coefficient (Wildman–Crippen LogP) is 3.58. The quantitative estimate of drug-likeness (QED) is 0.108. The van der Waals surface area contributed by atoms with Gasteiger partial charge in [0.05, 0.1) is 36.1 Å². The van der Waals surface area contributed by atoms with E-state index in [1.807, 2.05) is 0 Å². The van der Waals surface area contributed by atoms with E-state index in [0.29, 0.717) is 62.3 Å². The van der Waals surface area contributed by atoms with Crippen molar-refractivity contribution in [1.29, 1.82) is 0 Å². The van der Waals surface area contributed by atoms with Crippen molar-refractivity contribution in [2.45, 2.75) is 129 Å². The number of anilines is 4. The smallest absolute Gasteiger partial charge is 0.404 e. The van der Waals surface area contributed by atoms with Crippen molar-refractivity contribution in [3.8, 4) is 0 Å². The second-order valence-electron chi connectivity index (χ2n) is 16.9. The molecule has 10 N–H and O–H groups in total. The molecule has 0 spiro atoms. The van der Waals surface area contributed by atoms with Gasteiger partial charge in [-0.2, -0.15) is 8.78 Å². The van der Waals surface area contributed by atoms with E-state index in [-0.39, 0.29) is 48.4 Å². The van der Waals surface area contributed by atoms with E-state index in [0.717, 1.165) is 51.4 Å². The third-order valence-corrected chi connectivity index (χ3v) is 12.4. The number of hydrazine groups is 2. The zero-order chi connectivity index (χ0) is 45.1. The van der Waals surface area contributed by atoms with Gasteiger partial charge in [0, 0.05) is 26.2 Å². The number of nitrogens with zero attached hydrogens (tertiary/aromatic N) is 6. The molecule has 6 atom stereocenters. The second-order valence-corrected chi connectivity index (χ2v) is 16.9. The molecule has 2 saturated carbocycles. The first-order valence-electron chi connectivity index (χ1n) is 21.5.